The second-order valence-electron chi connectivity index (χ2n) is 6.48. The second kappa shape index (κ2) is 7.23. The van der Waals surface area contributed by atoms with Crippen molar-refractivity contribution < 1.29 is 9.63 Å². The number of aromatic nitrogens is 2. The number of aliphatic hydroxyl groups is 1. The standard InChI is InChI=1S/C18H25N3O2/c1-13-7-3-4-8-15(13)11-17-19-18(23-20-17)12-21-10-6-5-9-16(21)14(2)22/h3-4,7-8,14,16,22H,5-6,9-12H2,1-2H3. The zero-order chi connectivity index (χ0) is 16.2. The van der Waals surface area contributed by atoms with E-state index in [4.69, 9.17) is 4.52 Å². The highest BCUT2D eigenvalue weighted by Crippen LogP contribution is 2.22. The van der Waals surface area contributed by atoms with Gasteiger partial charge in [0.05, 0.1) is 12.6 Å². The van der Waals surface area contributed by atoms with Crippen LogP contribution in [0.2, 0.25) is 0 Å². The molecule has 2 heterocycles. The van der Waals surface area contributed by atoms with E-state index in [0.717, 1.165) is 25.2 Å². The second-order valence-corrected chi connectivity index (χ2v) is 6.48. The van der Waals surface area contributed by atoms with Crippen LogP contribution in [-0.2, 0) is 13.0 Å². The fourth-order valence-electron chi connectivity index (χ4n) is 3.34. The van der Waals surface area contributed by atoms with Gasteiger partial charge in [-0.05, 0) is 44.4 Å². The van der Waals surface area contributed by atoms with Crippen LogP contribution >= 0.6 is 0 Å². The van der Waals surface area contributed by atoms with Crippen molar-refractivity contribution in [1.82, 2.24) is 15.0 Å². The summed E-state index contributed by atoms with van der Waals surface area (Å²) in [7, 11) is 0. The molecule has 5 heteroatoms. The summed E-state index contributed by atoms with van der Waals surface area (Å²) in [5, 5.41) is 14.1. The van der Waals surface area contributed by atoms with Crippen LogP contribution in [-0.4, -0.2) is 38.8 Å². The van der Waals surface area contributed by atoms with Gasteiger partial charge in [-0.1, -0.05) is 35.8 Å². The highest BCUT2D eigenvalue weighted by atomic mass is 16.5. The molecule has 2 atom stereocenters. The van der Waals surface area contributed by atoms with Crippen molar-refractivity contribution in [2.75, 3.05) is 6.54 Å². The molecule has 1 saturated heterocycles. The monoisotopic (exact) mass is 315 g/mol. The maximum Gasteiger partial charge on any atom is 0.240 e. The Labute approximate surface area is 137 Å². The Kier molecular flexibility index (Phi) is 5.08. The lowest BCUT2D eigenvalue weighted by molar-refractivity contribution is 0.0260. The summed E-state index contributed by atoms with van der Waals surface area (Å²) in [4.78, 5) is 6.80. The smallest absolute Gasteiger partial charge is 0.240 e. The molecule has 0 saturated carbocycles. The first-order valence-corrected chi connectivity index (χ1v) is 8.41. The molecule has 2 aromatic rings. The fourth-order valence-corrected chi connectivity index (χ4v) is 3.34. The van der Waals surface area contributed by atoms with Crippen molar-refractivity contribution in [3.8, 4) is 0 Å². The van der Waals surface area contributed by atoms with E-state index in [1.165, 1.54) is 17.5 Å². The zero-order valence-corrected chi connectivity index (χ0v) is 13.9. The molecular formula is C18H25N3O2. The molecule has 124 valence electrons. The molecule has 0 spiro atoms. The van der Waals surface area contributed by atoms with E-state index in [2.05, 4.69) is 34.1 Å². The average Bonchev–Trinajstić information content (AvgIpc) is 2.97. The molecule has 2 unspecified atom stereocenters. The van der Waals surface area contributed by atoms with E-state index in [1.54, 1.807) is 0 Å². The molecule has 1 N–H and O–H groups in total. The molecule has 1 aromatic heterocycles. The van der Waals surface area contributed by atoms with Crippen molar-refractivity contribution in [2.45, 2.75) is 58.2 Å². The number of hydrogen-bond acceptors (Lipinski definition) is 5. The van der Waals surface area contributed by atoms with Crippen LogP contribution in [0.4, 0.5) is 0 Å². The van der Waals surface area contributed by atoms with Crippen molar-refractivity contribution >= 4 is 0 Å². The molecule has 1 aromatic carbocycles. The minimum absolute atomic E-state index is 0.190. The first-order valence-electron chi connectivity index (χ1n) is 8.41. The number of benzene rings is 1. The Morgan fingerprint density at radius 3 is 2.96 bits per heavy atom. The van der Waals surface area contributed by atoms with Gasteiger partial charge < -0.3 is 9.63 Å². The van der Waals surface area contributed by atoms with Crippen LogP contribution in [0.5, 0.6) is 0 Å². The quantitative estimate of drug-likeness (QED) is 0.919. The maximum atomic E-state index is 9.95. The first-order chi connectivity index (χ1) is 11.1. The Morgan fingerprint density at radius 1 is 1.35 bits per heavy atom. The summed E-state index contributed by atoms with van der Waals surface area (Å²) in [6, 6.07) is 8.45. The Morgan fingerprint density at radius 2 is 2.17 bits per heavy atom. The van der Waals surface area contributed by atoms with Gasteiger partial charge in [-0.15, -0.1) is 0 Å². The van der Waals surface area contributed by atoms with Crippen LogP contribution in [0.3, 0.4) is 0 Å². The third kappa shape index (κ3) is 3.98. The summed E-state index contributed by atoms with van der Waals surface area (Å²) in [5.74, 6) is 1.36. The van der Waals surface area contributed by atoms with Crippen LogP contribution in [0.25, 0.3) is 0 Å². The van der Waals surface area contributed by atoms with E-state index in [-0.39, 0.29) is 12.1 Å². The topological polar surface area (TPSA) is 62.4 Å². The first kappa shape index (κ1) is 16.1. The van der Waals surface area contributed by atoms with Gasteiger partial charge in [0, 0.05) is 12.5 Å². The van der Waals surface area contributed by atoms with E-state index in [0.29, 0.717) is 18.9 Å². The summed E-state index contributed by atoms with van der Waals surface area (Å²) in [5.41, 5.74) is 2.46. The van der Waals surface area contributed by atoms with Gasteiger partial charge in [-0.25, -0.2) is 0 Å². The molecule has 0 bridgehead atoms. The minimum Gasteiger partial charge on any atom is -0.392 e. The zero-order valence-electron chi connectivity index (χ0n) is 13.9. The predicted octanol–water partition coefficient (Wildman–Crippen LogP) is 2.70. The van der Waals surface area contributed by atoms with Crippen molar-refractivity contribution in [1.29, 1.82) is 0 Å². The van der Waals surface area contributed by atoms with E-state index < -0.39 is 0 Å². The lowest BCUT2D eigenvalue weighted by Crippen LogP contribution is -2.45. The van der Waals surface area contributed by atoms with Crippen LogP contribution in [0.1, 0.15) is 49.0 Å². The molecule has 5 nitrogen and oxygen atoms in total. The number of nitrogens with zero attached hydrogens (tertiary/aromatic N) is 3. The fraction of sp³-hybridized carbons (Fsp3) is 0.556. The molecule has 0 radical (unpaired) electrons. The SMILES string of the molecule is Cc1ccccc1Cc1noc(CN2CCCCC2C(C)O)n1. The van der Waals surface area contributed by atoms with Gasteiger partial charge in [0.1, 0.15) is 0 Å². The van der Waals surface area contributed by atoms with Crippen LogP contribution in [0.15, 0.2) is 28.8 Å². The Hall–Kier alpha value is -1.72. The number of likely N-dealkylation sites (tertiary alicyclic amines) is 1. The number of aryl methyl sites for hydroxylation is 1. The lowest BCUT2D eigenvalue weighted by atomic mass is 9.98. The molecule has 1 fully saturated rings. The Balaban J connectivity index is 1.66. The maximum absolute atomic E-state index is 9.95. The van der Waals surface area contributed by atoms with Gasteiger partial charge in [-0.2, -0.15) is 4.98 Å². The molecule has 1 aliphatic rings. The van der Waals surface area contributed by atoms with Gasteiger partial charge >= 0.3 is 0 Å². The third-order valence-corrected chi connectivity index (χ3v) is 4.68. The Bertz CT molecular complexity index is 639. The van der Waals surface area contributed by atoms with Crippen molar-refractivity contribution in [3.05, 3.63) is 47.1 Å². The van der Waals surface area contributed by atoms with Crippen molar-refractivity contribution in [3.63, 3.8) is 0 Å². The number of piperidine rings is 1. The summed E-state index contributed by atoms with van der Waals surface area (Å²) < 4.78 is 5.42. The molecule has 23 heavy (non-hydrogen) atoms. The lowest BCUT2D eigenvalue weighted by Gasteiger charge is -2.36. The molecule has 3 rings (SSSR count). The van der Waals surface area contributed by atoms with E-state index >= 15 is 0 Å². The third-order valence-electron chi connectivity index (χ3n) is 4.68. The molecule has 1 aliphatic heterocycles. The minimum atomic E-state index is -0.329. The number of rotatable bonds is 5. The highest BCUT2D eigenvalue weighted by Gasteiger charge is 2.27. The largest absolute Gasteiger partial charge is 0.392 e. The van der Waals surface area contributed by atoms with Gasteiger partial charge in [0.25, 0.3) is 0 Å². The van der Waals surface area contributed by atoms with Crippen LogP contribution < -0.4 is 0 Å². The average molecular weight is 315 g/mol. The number of hydrogen-bond donors (Lipinski definition) is 1. The van der Waals surface area contributed by atoms with E-state index in [9.17, 15) is 5.11 Å². The van der Waals surface area contributed by atoms with Crippen molar-refractivity contribution in [2.24, 2.45) is 0 Å². The normalized spacial score (nSPS) is 20.6. The molecule has 0 amide bonds. The summed E-state index contributed by atoms with van der Waals surface area (Å²) in [6.07, 6.45) is 3.73. The predicted molar refractivity (Wildman–Crippen MR) is 88.0 cm³/mol. The van der Waals surface area contributed by atoms with E-state index in [1.807, 2.05) is 19.1 Å². The highest BCUT2D eigenvalue weighted by molar-refractivity contribution is 5.27. The van der Waals surface area contributed by atoms with Crippen LogP contribution in [0, 0.1) is 6.92 Å². The molecule has 0 aliphatic carbocycles. The van der Waals surface area contributed by atoms with Gasteiger partial charge in [-0.3, -0.25) is 4.90 Å². The molecular weight excluding hydrogens is 290 g/mol. The van der Waals surface area contributed by atoms with Gasteiger partial charge in [0.2, 0.25) is 5.89 Å². The summed E-state index contributed by atoms with van der Waals surface area (Å²) >= 11 is 0. The van der Waals surface area contributed by atoms with Gasteiger partial charge in [0.15, 0.2) is 5.82 Å². The summed E-state index contributed by atoms with van der Waals surface area (Å²) in [6.45, 7) is 5.55. The number of aliphatic hydroxyl groups excluding tert-OH is 1.